The minimum Gasteiger partial charge on any atom is -0.337 e. The fourth-order valence-electron chi connectivity index (χ4n) is 3.44. The van der Waals surface area contributed by atoms with Crippen molar-refractivity contribution in [2.24, 2.45) is 0 Å². The van der Waals surface area contributed by atoms with Crippen LogP contribution in [0.1, 0.15) is 16.7 Å². The van der Waals surface area contributed by atoms with Crippen molar-refractivity contribution in [3.05, 3.63) is 83.3 Å². The summed E-state index contributed by atoms with van der Waals surface area (Å²) < 4.78 is 33.1. The van der Waals surface area contributed by atoms with Crippen LogP contribution in [0.4, 0.5) is 14.7 Å². The van der Waals surface area contributed by atoms with Crippen molar-refractivity contribution in [1.82, 2.24) is 15.1 Å². The molecule has 0 unspecified atom stereocenters. The maximum atomic E-state index is 14.4. The highest BCUT2D eigenvalue weighted by atomic mass is 19.1. The summed E-state index contributed by atoms with van der Waals surface area (Å²) in [5, 5.41) is 6.62. The van der Waals surface area contributed by atoms with Gasteiger partial charge in [0, 0.05) is 17.8 Å². The molecule has 0 fully saturated rings. The van der Waals surface area contributed by atoms with Crippen molar-refractivity contribution in [2.45, 2.75) is 20.3 Å². The lowest BCUT2D eigenvalue weighted by atomic mass is 10.0. The van der Waals surface area contributed by atoms with E-state index >= 15 is 0 Å². The van der Waals surface area contributed by atoms with Crippen LogP contribution in [-0.2, 0) is 11.2 Å². The molecule has 156 valence electrons. The Hall–Kier alpha value is -3.94. The van der Waals surface area contributed by atoms with Crippen LogP contribution in [0.25, 0.3) is 22.5 Å². The van der Waals surface area contributed by atoms with E-state index < -0.39 is 11.6 Å². The number of aromatic nitrogens is 3. The topological polar surface area (TPSA) is 80.9 Å². The van der Waals surface area contributed by atoms with E-state index in [-0.39, 0.29) is 35.0 Å². The zero-order chi connectivity index (χ0) is 22.0. The maximum absolute atomic E-state index is 14.4. The highest BCUT2D eigenvalue weighted by Crippen LogP contribution is 2.37. The number of nitrogens with zero attached hydrogens (tertiary/aromatic N) is 3. The number of halogens is 2. The van der Waals surface area contributed by atoms with Gasteiger partial charge in [-0.2, -0.15) is 0 Å². The molecular formula is C23H18F2N4O2. The Balaban J connectivity index is 1.71. The molecule has 0 bridgehead atoms. The molecule has 2 aromatic heterocycles. The summed E-state index contributed by atoms with van der Waals surface area (Å²) in [4.78, 5) is 20.7. The van der Waals surface area contributed by atoms with Gasteiger partial charge in [0.05, 0.1) is 17.7 Å². The largest absolute Gasteiger partial charge is 0.337 e. The van der Waals surface area contributed by atoms with Crippen molar-refractivity contribution >= 4 is 11.8 Å². The highest BCUT2D eigenvalue weighted by molar-refractivity contribution is 5.97. The lowest BCUT2D eigenvalue weighted by molar-refractivity contribution is -0.115. The molecule has 0 aliphatic heterocycles. The standard InChI is InChI=1S/C23H18F2N4O2/c1-13-7-14(2)9-15(8-13)10-20(30)28-23-21(19-5-6-26-12-27-19)22(29-31-23)17-4-3-16(24)11-18(17)25/h3-9,11-12H,10H2,1-2H3,(H,28,30). The van der Waals surface area contributed by atoms with E-state index in [0.717, 1.165) is 28.8 Å². The quantitative estimate of drug-likeness (QED) is 0.498. The van der Waals surface area contributed by atoms with E-state index in [4.69, 9.17) is 4.52 Å². The van der Waals surface area contributed by atoms with Crippen molar-refractivity contribution in [3.8, 4) is 22.5 Å². The van der Waals surface area contributed by atoms with Crippen molar-refractivity contribution in [2.75, 3.05) is 5.32 Å². The monoisotopic (exact) mass is 420 g/mol. The number of hydrogen-bond acceptors (Lipinski definition) is 5. The van der Waals surface area contributed by atoms with Crippen LogP contribution >= 0.6 is 0 Å². The van der Waals surface area contributed by atoms with Crippen LogP contribution in [0.3, 0.4) is 0 Å². The Morgan fingerprint density at radius 2 is 1.84 bits per heavy atom. The summed E-state index contributed by atoms with van der Waals surface area (Å²) in [5.74, 6) is -1.83. The fraction of sp³-hybridized carbons (Fsp3) is 0.130. The molecule has 1 amide bonds. The van der Waals surface area contributed by atoms with Gasteiger partial charge >= 0.3 is 0 Å². The normalized spacial score (nSPS) is 10.8. The Labute approximate surface area is 177 Å². The molecule has 31 heavy (non-hydrogen) atoms. The minimum absolute atomic E-state index is 0.0202. The molecule has 0 aliphatic carbocycles. The van der Waals surface area contributed by atoms with Gasteiger partial charge in [-0.15, -0.1) is 0 Å². The number of nitrogens with one attached hydrogen (secondary N) is 1. The number of rotatable bonds is 5. The third-order valence-corrected chi connectivity index (χ3v) is 4.62. The molecule has 8 heteroatoms. The minimum atomic E-state index is -0.809. The van der Waals surface area contributed by atoms with Crippen LogP contribution in [0.15, 0.2) is 59.5 Å². The van der Waals surface area contributed by atoms with E-state index in [1.54, 1.807) is 6.07 Å². The van der Waals surface area contributed by atoms with Crippen LogP contribution < -0.4 is 5.32 Å². The summed E-state index contributed by atoms with van der Waals surface area (Å²) in [6.45, 7) is 3.92. The number of aryl methyl sites for hydroxylation is 2. The van der Waals surface area contributed by atoms with Crippen LogP contribution in [0, 0.1) is 25.5 Å². The van der Waals surface area contributed by atoms with Crippen molar-refractivity contribution < 1.29 is 18.1 Å². The Morgan fingerprint density at radius 1 is 1.06 bits per heavy atom. The first kappa shape index (κ1) is 20.3. The predicted octanol–water partition coefficient (Wildman–Crippen LogP) is 4.87. The van der Waals surface area contributed by atoms with Crippen LogP contribution in [0.2, 0.25) is 0 Å². The molecule has 6 nitrogen and oxygen atoms in total. The first-order valence-electron chi connectivity index (χ1n) is 9.49. The van der Waals surface area contributed by atoms with Gasteiger partial charge in [-0.3, -0.25) is 10.1 Å². The second-order valence-corrected chi connectivity index (χ2v) is 7.18. The highest BCUT2D eigenvalue weighted by Gasteiger charge is 2.24. The Bertz CT molecular complexity index is 1240. The molecule has 2 heterocycles. The molecule has 0 spiro atoms. The average molecular weight is 420 g/mol. The molecule has 0 atom stereocenters. The zero-order valence-corrected chi connectivity index (χ0v) is 16.8. The zero-order valence-electron chi connectivity index (χ0n) is 16.8. The van der Waals surface area contributed by atoms with Gasteiger partial charge in [0.15, 0.2) is 0 Å². The second-order valence-electron chi connectivity index (χ2n) is 7.18. The summed E-state index contributed by atoms with van der Waals surface area (Å²) in [5.41, 5.74) is 3.73. The van der Waals surface area contributed by atoms with Gasteiger partial charge in [0.25, 0.3) is 0 Å². The number of benzene rings is 2. The predicted molar refractivity (Wildman–Crippen MR) is 111 cm³/mol. The van der Waals surface area contributed by atoms with Gasteiger partial charge in [0.1, 0.15) is 23.7 Å². The number of anilines is 1. The average Bonchev–Trinajstić information content (AvgIpc) is 3.10. The van der Waals surface area contributed by atoms with E-state index in [0.29, 0.717) is 5.69 Å². The van der Waals surface area contributed by atoms with Gasteiger partial charge in [-0.05, 0) is 37.6 Å². The fourth-order valence-corrected chi connectivity index (χ4v) is 3.44. The molecule has 0 saturated carbocycles. The van der Waals surface area contributed by atoms with Gasteiger partial charge < -0.3 is 4.52 Å². The van der Waals surface area contributed by atoms with E-state index in [1.807, 2.05) is 32.0 Å². The van der Waals surface area contributed by atoms with Gasteiger partial charge in [0.2, 0.25) is 11.8 Å². The molecule has 0 aliphatic rings. The molecule has 0 radical (unpaired) electrons. The Kier molecular flexibility index (Phi) is 5.53. The number of carbonyl (C=O) groups excluding carboxylic acids is 1. The molecule has 4 aromatic rings. The Morgan fingerprint density at radius 3 is 2.52 bits per heavy atom. The molecule has 0 saturated heterocycles. The van der Waals surface area contributed by atoms with E-state index in [1.165, 1.54) is 18.6 Å². The summed E-state index contributed by atoms with van der Waals surface area (Å²) in [6, 6.07) is 10.6. The number of amides is 1. The van der Waals surface area contributed by atoms with E-state index in [2.05, 4.69) is 20.4 Å². The van der Waals surface area contributed by atoms with Gasteiger partial charge in [-0.25, -0.2) is 18.7 Å². The van der Waals surface area contributed by atoms with Gasteiger partial charge in [-0.1, -0.05) is 34.5 Å². The summed E-state index contributed by atoms with van der Waals surface area (Å²) in [6.07, 6.45) is 2.93. The molecule has 4 rings (SSSR count). The lowest BCUT2D eigenvalue weighted by Crippen LogP contribution is -2.14. The first-order valence-corrected chi connectivity index (χ1v) is 9.49. The lowest BCUT2D eigenvalue weighted by Gasteiger charge is -2.07. The maximum Gasteiger partial charge on any atom is 0.241 e. The molecule has 1 N–H and O–H groups in total. The number of hydrogen-bond donors (Lipinski definition) is 1. The summed E-state index contributed by atoms with van der Waals surface area (Å²) >= 11 is 0. The smallest absolute Gasteiger partial charge is 0.241 e. The van der Waals surface area contributed by atoms with Crippen LogP contribution in [-0.4, -0.2) is 21.0 Å². The second kappa shape index (κ2) is 8.43. The van der Waals surface area contributed by atoms with Crippen LogP contribution in [0.5, 0.6) is 0 Å². The third-order valence-electron chi connectivity index (χ3n) is 4.62. The molecular weight excluding hydrogens is 402 g/mol. The summed E-state index contributed by atoms with van der Waals surface area (Å²) in [7, 11) is 0. The number of carbonyl (C=O) groups is 1. The van der Waals surface area contributed by atoms with Crippen molar-refractivity contribution in [1.29, 1.82) is 0 Å². The molecule has 2 aromatic carbocycles. The van der Waals surface area contributed by atoms with E-state index in [9.17, 15) is 13.6 Å². The van der Waals surface area contributed by atoms with Crippen molar-refractivity contribution in [3.63, 3.8) is 0 Å². The first-order chi connectivity index (χ1) is 14.9. The SMILES string of the molecule is Cc1cc(C)cc(CC(=O)Nc2onc(-c3ccc(F)cc3F)c2-c2ccncn2)c1. The third kappa shape index (κ3) is 4.48.